The monoisotopic (exact) mass is 286 g/mol. The number of hydrazone groups is 1. The van der Waals surface area contributed by atoms with Crippen molar-refractivity contribution in [1.82, 2.24) is 0 Å². The quantitative estimate of drug-likeness (QED) is 0.720. The number of alkyl halides is 3. The largest absolute Gasteiger partial charge is 0.573 e. The van der Waals surface area contributed by atoms with E-state index >= 15 is 0 Å². The van der Waals surface area contributed by atoms with Gasteiger partial charge in [0, 0.05) is 6.07 Å². The molecule has 0 aromatic heterocycles. The third kappa shape index (κ3) is 3.37. The first-order chi connectivity index (χ1) is 9.35. The predicted octanol–water partition coefficient (Wildman–Crippen LogP) is 0.996. The van der Waals surface area contributed by atoms with Crippen LogP contribution in [0.1, 0.15) is 0 Å². The zero-order chi connectivity index (χ0) is 14.8. The second-order valence-electron chi connectivity index (χ2n) is 3.62. The van der Waals surface area contributed by atoms with Crippen molar-refractivity contribution >= 4 is 23.1 Å². The maximum Gasteiger partial charge on any atom is 0.573 e. The van der Waals surface area contributed by atoms with E-state index in [0.717, 1.165) is 12.1 Å². The molecule has 0 bridgehead atoms. The molecule has 5 N–H and O–H groups in total. The molecule has 2 rings (SSSR count). The lowest BCUT2D eigenvalue weighted by Crippen LogP contribution is -2.32. The van der Waals surface area contributed by atoms with Gasteiger partial charge in [-0.3, -0.25) is 5.43 Å². The summed E-state index contributed by atoms with van der Waals surface area (Å²) in [6.07, 6.45) is -4.76. The molecule has 106 valence electrons. The SMILES string of the molecule is NC1=NN=C(N)C1=NNc1cccc(OC(F)(F)F)c1. The number of hydrogen-bond donors (Lipinski definition) is 3. The lowest BCUT2D eigenvalue weighted by molar-refractivity contribution is -0.274. The molecular formula is C10H9F3N6O. The van der Waals surface area contributed by atoms with Crippen molar-refractivity contribution in [3.63, 3.8) is 0 Å². The zero-order valence-corrected chi connectivity index (χ0v) is 9.85. The molecule has 1 aliphatic rings. The molecule has 20 heavy (non-hydrogen) atoms. The summed E-state index contributed by atoms with van der Waals surface area (Å²) in [6.45, 7) is 0. The molecule has 0 saturated heterocycles. The molecule has 0 unspecified atom stereocenters. The van der Waals surface area contributed by atoms with Crippen LogP contribution in [0.3, 0.4) is 0 Å². The minimum Gasteiger partial charge on any atom is -0.406 e. The molecule has 1 aliphatic heterocycles. The summed E-state index contributed by atoms with van der Waals surface area (Å²) in [5.41, 5.74) is 13.8. The van der Waals surface area contributed by atoms with E-state index in [1.165, 1.54) is 12.1 Å². The molecule has 1 aromatic carbocycles. The summed E-state index contributed by atoms with van der Waals surface area (Å²) >= 11 is 0. The first kappa shape index (κ1) is 13.6. The number of benzene rings is 1. The minimum atomic E-state index is -4.76. The Bertz CT molecular complexity index is 587. The van der Waals surface area contributed by atoms with Crippen LogP contribution in [0.4, 0.5) is 18.9 Å². The third-order valence-electron chi connectivity index (χ3n) is 2.12. The number of nitrogens with one attached hydrogen (secondary N) is 1. The number of nitrogens with two attached hydrogens (primary N) is 2. The Morgan fingerprint density at radius 3 is 2.40 bits per heavy atom. The summed E-state index contributed by atoms with van der Waals surface area (Å²) in [7, 11) is 0. The number of rotatable bonds is 3. The van der Waals surface area contributed by atoms with Crippen LogP contribution >= 0.6 is 0 Å². The van der Waals surface area contributed by atoms with Crippen LogP contribution in [0.2, 0.25) is 0 Å². The van der Waals surface area contributed by atoms with E-state index in [1.54, 1.807) is 0 Å². The molecule has 0 radical (unpaired) electrons. The first-order valence-electron chi connectivity index (χ1n) is 5.22. The Kier molecular flexibility index (Phi) is 3.46. The van der Waals surface area contributed by atoms with Gasteiger partial charge >= 0.3 is 6.36 Å². The van der Waals surface area contributed by atoms with Gasteiger partial charge in [0.05, 0.1) is 5.69 Å². The summed E-state index contributed by atoms with van der Waals surface area (Å²) in [4.78, 5) is 0. The number of hydrogen-bond acceptors (Lipinski definition) is 7. The van der Waals surface area contributed by atoms with Gasteiger partial charge in [0.2, 0.25) is 0 Å². The Labute approximate surface area is 110 Å². The fourth-order valence-corrected chi connectivity index (χ4v) is 1.33. The van der Waals surface area contributed by atoms with Crippen molar-refractivity contribution in [2.24, 2.45) is 26.8 Å². The molecular weight excluding hydrogens is 277 g/mol. The average molecular weight is 286 g/mol. The number of nitrogens with zero attached hydrogens (tertiary/aromatic N) is 3. The Morgan fingerprint density at radius 1 is 1.15 bits per heavy atom. The average Bonchev–Trinajstić information content (AvgIpc) is 2.65. The maximum absolute atomic E-state index is 12.1. The van der Waals surface area contributed by atoms with Gasteiger partial charge in [0.15, 0.2) is 17.4 Å². The third-order valence-corrected chi connectivity index (χ3v) is 2.12. The van der Waals surface area contributed by atoms with Crippen molar-refractivity contribution in [3.05, 3.63) is 24.3 Å². The number of ether oxygens (including phenoxy) is 1. The van der Waals surface area contributed by atoms with Crippen molar-refractivity contribution in [3.8, 4) is 5.75 Å². The Hall–Kier alpha value is -2.78. The lowest BCUT2D eigenvalue weighted by atomic mass is 10.3. The molecule has 0 saturated carbocycles. The van der Waals surface area contributed by atoms with E-state index in [-0.39, 0.29) is 28.8 Å². The van der Waals surface area contributed by atoms with Crippen molar-refractivity contribution in [1.29, 1.82) is 0 Å². The highest BCUT2D eigenvalue weighted by atomic mass is 19.4. The molecule has 0 amide bonds. The van der Waals surface area contributed by atoms with Gasteiger partial charge in [0.25, 0.3) is 0 Å². The van der Waals surface area contributed by atoms with Gasteiger partial charge in [-0.2, -0.15) is 5.10 Å². The topological polar surface area (TPSA) is 110 Å². The second kappa shape index (κ2) is 5.07. The molecule has 1 aromatic rings. The summed E-state index contributed by atoms with van der Waals surface area (Å²) in [6, 6.07) is 5.14. The standard InChI is InChI=1S/C10H9F3N6O/c11-10(12,13)20-6-3-1-2-5(4-6)16-17-7-8(14)18-19-9(7)15/h1-4,16H,(H4,14,15,17,18,19). The van der Waals surface area contributed by atoms with Crippen LogP contribution in [-0.2, 0) is 0 Å². The van der Waals surface area contributed by atoms with Crippen LogP contribution in [0, 0.1) is 0 Å². The van der Waals surface area contributed by atoms with Crippen molar-refractivity contribution < 1.29 is 17.9 Å². The van der Waals surface area contributed by atoms with Crippen LogP contribution in [-0.4, -0.2) is 23.7 Å². The minimum absolute atomic E-state index is 0.0118. The molecule has 10 heteroatoms. The van der Waals surface area contributed by atoms with Crippen LogP contribution in [0.15, 0.2) is 39.6 Å². The highest BCUT2D eigenvalue weighted by molar-refractivity contribution is 6.68. The van der Waals surface area contributed by atoms with Crippen LogP contribution in [0.5, 0.6) is 5.75 Å². The zero-order valence-electron chi connectivity index (χ0n) is 9.85. The van der Waals surface area contributed by atoms with Gasteiger partial charge in [-0.1, -0.05) is 6.07 Å². The van der Waals surface area contributed by atoms with E-state index in [4.69, 9.17) is 11.5 Å². The summed E-state index contributed by atoms with van der Waals surface area (Å²) < 4.78 is 40.0. The van der Waals surface area contributed by atoms with E-state index < -0.39 is 6.36 Å². The van der Waals surface area contributed by atoms with Crippen molar-refractivity contribution in [2.75, 3.05) is 5.43 Å². The van der Waals surface area contributed by atoms with Gasteiger partial charge in [-0.05, 0) is 12.1 Å². The Morgan fingerprint density at radius 2 is 1.80 bits per heavy atom. The number of halogens is 3. The summed E-state index contributed by atoms with van der Waals surface area (Å²) in [5.74, 6) is -0.354. The predicted molar refractivity (Wildman–Crippen MR) is 67.4 cm³/mol. The Balaban J connectivity index is 2.11. The van der Waals surface area contributed by atoms with Gasteiger partial charge in [-0.15, -0.1) is 23.4 Å². The fraction of sp³-hybridized carbons (Fsp3) is 0.100. The van der Waals surface area contributed by atoms with E-state index in [9.17, 15) is 13.2 Å². The van der Waals surface area contributed by atoms with E-state index in [2.05, 4.69) is 25.5 Å². The van der Waals surface area contributed by atoms with E-state index in [1.807, 2.05) is 0 Å². The first-order valence-corrected chi connectivity index (χ1v) is 5.22. The lowest BCUT2D eigenvalue weighted by Gasteiger charge is -2.09. The second-order valence-corrected chi connectivity index (χ2v) is 3.62. The smallest absolute Gasteiger partial charge is 0.406 e. The van der Waals surface area contributed by atoms with Crippen molar-refractivity contribution in [2.45, 2.75) is 6.36 Å². The normalized spacial score (nSPS) is 14.7. The van der Waals surface area contributed by atoms with Crippen LogP contribution < -0.4 is 21.6 Å². The number of amidine groups is 2. The fourth-order valence-electron chi connectivity index (χ4n) is 1.33. The molecule has 0 atom stereocenters. The maximum atomic E-state index is 12.1. The molecule has 0 spiro atoms. The van der Waals surface area contributed by atoms with Gasteiger partial charge in [-0.25, -0.2) is 0 Å². The molecule has 1 heterocycles. The van der Waals surface area contributed by atoms with E-state index in [0.29, 0.717) is 0 Å². The number of anilines is 1. The van der Waals surface area contributed by atoms with Gasteiger partial charge < -0.3 is 16.2 Å². The molecule has 0 aliphatic carbocycles. The molecule has 0 fully saturated rings. The van der Waals surface area contributed by atoms with Crippen LogP contribution in [0.25, 0.3) is 0 Å². The highest BCUT2D eigenvalue weighted by Crippen LogP contribution is 2.24. The molecule has 7 nitrogen and oxygen atoms in total. The highest BCUT2D eigenvalue weighted by Gasteiger charge is 2.31. The van der Waals surface area contributed by atoms with Gasteiger partial charge in [0.1, 0.15) is 5.75 Å². The summed E-state index contributed by atoms with van der Waals surface area (Å²) in [5, 5.41) is 10.8.